The van der Waals surface area contributed by atoms with Crippen molar-refractivity contribution < 1.29 is 0 Å². The van der Waals surface area contributed by atoms with Crippen LogP contribution >= 0.6 is 0 Å². The maximum atomic E-state index is 5.68. The molecule has 0 bridgehead atoms. The minimum absolute atomic E-state index is 0.733. The van der Waals surface area contributed by atoms with Gasteiger partial charge in [-0.15, -0.1) is 0 Å². The van der Waals surface area contributed by atoms with Crippen LogP contribution in [0.5, 0.6) is 0 Å². The fraction of sp³-hybridized carbons (Fsp3) is 0.368. The van der Waals surface area contributed by atoms with Crippen LogP contribution in [0, 0.1) is 6.92 Å². The van der Waals surface area contributed by atoms with Gasteiger partial charge in [0.25, 0.3) is 0 Å². The molecule has 21 heavy (non-hydrogen) atoms. The van der Waals surface area contributed by atoms with Crippen molar-refractivity contribution in [2.75, 3.05) is 18.0 Å². The van der Waals surface area contributed by atoms with Crippen molar-refractivity contribution in [3.8, 4) is 0 Å². The van der Waals surface area contributed by atoms with Crippen molar-refractivity contribution in [3.05, 3.63) is 65.2 Å². The van der Waals surface area contributed by atoms with Crippen molar-refractivity contribution >= 4 is 5.69 Å². The van der Waals surface area contributed by atoms with Crippen molar-refractivity contribution in [2.45, 2.75) is 33.2 Å². The van der Waals surface area contributed by atoms with E-state index in [9.17, 15) is 0 Å². The first kappa shape index (κ1) is 15.6. The van der Waals surface area contributed by atoms with Crippen LogP contribution in [0.15, 0.2) is 48.5 Å². The molecule has 0 aromatic heterocycles. The standard InChI is InChI=1S/C19H26N2/c1-3-17-7-9-18(10-8-17)15-21(14-4-13-20)19-11-5-16(2)6-12-19/h5-12H,3-4,13-15,20H2,1-2H3. The second-order valence-corrected chi connectivity index (χ2v) is 5.57. The Morgan fingerprint density at radius 2 is 1.52 bits per heavy atom. The second-order valence-electron chi connectivity index (χ2n) is 5.57. The number of nitrogens with two attached hydrogens (primary N) is 1. The molecule has 0 radical (unpaired) electrons. The SMILES string of the molecule is CCc1ccc(CN(CCCN)c2ccc(C)cc2)cc1. The fourth-order valence-electron chi connectivity index (χ4n) is 2.44. The predicted octanol–water partition coefficient (Wildman–Crippen LogP) is 3.91. The van der Waals surface area contributed by atoms with E-state index < -0.39 is 0 Å². The number of hydrogen-bond acceptors (Lipinski definition) is 2. The predicted molar refractivity (Wildman–Crippen MR) is 91.7 cm³/mol. The molecule has 2 N–H and O–H groups in total. The molecule has 0 atom stereocenters. The Balaban J connectivity index is 2.13. The van der Waals surface area contributed by atoms with Gasteiger partial charge in [-0.05, 0) is 49.6 Å². The fourth-order valence-corrected chi connectivity index (χ4v) is 2.44. The molecule has 0 amide bonds. The third kappa shape index (κ3) is 4.61. The van der Waals surface area contributed by atoms with E-state index in [1.54, 1.807) is 0 Å². The van der Waals surface area contributed by atoms with Crippen LogP contribution in [0.4, 0.5) is 5.69 Å². The molecule has 0 spiro atoms. The van der Waals surface area contributed by atoms with Gasteiger partial charge in [0, 0.05) is 18.8 Å². The van der Waals surface area contributed by atoms with Crippen molar-refractivity contribution in [2.24, 2.45) is 5.73 Å². The van der Waals surface area contributed by atoms with Crippen LogP contribution in [-0.4, -0.2) is 13.1 Å². The lowest BCUT2D eigenvalue weighted by Gasteiger charge is -2.25. The summed E-state index contributed by atoms with van der Waals surface area (Å²) in [6.45, 7) is 6.98. The minimum atomic E-state index is 0.733. The van der Waals surface area contributed by atoms with E-state index in [4.69, 9.17) is 5.73 Å². The van der Waals surface area contributed by atoms with Gasteiger partial charge in [-0.1, -0.05) is 48.9 Å². The summed E-state index contributed by atoms with van der Waals surface area (Å²) in [5.74, 6) is 0. The van der Waals surface area contributed by atoms with Crippen LogP contribution in [0.1, 0.15) is 30.0 Å². The molecule has 112 valence electrons. The van der Waals surface area contributed by atoms with E-state index in [0.29, 0.717) is 0 Å². The highest BCUT2D eigenvalue weighted by atomic mass is 15.1. The zero-order chi connectivity index (χ0) is 15.1. The van der Waals surface area contributed by atoms with Crippen LogP contribution in [0.25, 0.3) is 0 Å². The Morgan fingerprint density at radius 3 is 2.10 bits per heavy atom. The first-order valence-corrected chi connectivity index (χ1v) is 7.82. The lowest BCUT2D eigenvalue weighted by Crippen LogP contribution is -2.25. The van der Waals surface area contributed by atoms with Crippen LogP contribution in [0.3, 0.4) is 0 Å². The van der Waals surface area contributed by atoms with Crippen molar-refractivity contribution in [3.63, 3.8) is 0 Å². The number of anilines is 1. The summed E-state index contributed by atoms with van der Waals surface area (Å²) in [5.41, 5.74) is 11.0. The summed E-state index contributed by atoms with van der Waals surface area (Å²) in [5, 5.41) is 0. The molecule has 0 aliphatic carbocycles. The number of aryl methyl sites for hydroxylation is 2. The highest BCUT2D eigenvalue weighted by Crippen LogP contribution is 2.18. The molecule has 0 aliphatic heterocycles. The molecular weight excluding hydrogens is 256 g/mol. The lowest BCUT2D eigenvalue weighted by atomic mass is 10.1. The molecule has 0 saturated carbocycles. The Kier molecular flexibility index (Phi) is 5.82. The van der Waals surface area contributed by atoms with Crippen LogP contribution in [-0.2, 0) is 13.0 Å². The average molecular weight is 282 g/mol. The van der Waals surface area contributed by atoms with E-state index in [1.807, 2.05) is 0 Å². The minimum Gasteiger partial charge on any atom is -0.367 e. The molecule has 2 aromatic carbocycles. The maximum Gasteiger partial charge on any atom is 0.0429 e. The number of nitrogens with zero attached hydrogens (tertiary/aromatic N) is 1. The molecular formula is C19H26N2. The van der Waals surface area contributed by atoms with Gasteiger partial charge in [-0.3, -0.25) is 0 Å². The third-order valence-electron chi connectivity index (χ3n) is 3.84. The number of rotatable bonds is 7. The zero-order valence-corrected chi connectivity index (χ0v) is 13.2. The van der Waals surface area contributed by atoms with Gasteiger partial charge in [0.1, 0.15) is 0 Å². The first-order chi connectivity index (χ1) is 10.2. The molecule has 0 unspecified atom stereocenters. The highest BCUT2D eigenvalue weighted by molar-refractivity contribution is 5.48. The van der Waals surface area contributed by atoms with Gasteiger partial charge in [0.05, 0.1) is 0 Å². The van der Waals surface area contributed by atoms with E-state index in [-0.39, 0.29) is 0 Å². The number of hydrogen-bond donors (Lipinski definition) is 1. The molecule has 2 rings (SSSR count). The molecule has 0 fully saturated rings. The summed E-state index contributed by atoms with van der Waals surface area (Å²) in [6.07, 6.45) is 2.11. The van der Waals surface area contributed by atoms with E-state index in [2.05, 4.69) is 67.3 Å². The quantitative estimate of drug-likeness (QED) is 0.834. The Morgan fingerprint density at radius 1 is 0.905 bits per heavy atom. The Hall–Kier alpha value is -1.80. The number of benzene rings is 2. The highest BCUT2D eigenvalue weighted by Gasteiger charge is 2.07. The summed E-state index contributed by atoms with van der Waals surface area (Å²) >= 11 is 0. The first-order valence-electron chi connectivity index (χ1n) is 7.82. The van der Waals surface area contributed by atoms with Crippen molar-refractivity contribution in [1.29, 1.82) is 0 Å². The van der Waals surface area contributed by atoms with Gasteiger partial charge in [0.15, 0.2) is 0 Å². The summed E-state index contributed by atoms with van der Waals surface area (Å²) in [7, 11) is 0. The molecule has 2 aromatic rings. The van der Waals surface area contributed by atoms with Gasteiger partial charge < -0.3 is 10.6 Å². The van der Waals surface area contributed by atoms with Gasteiger partial charge in [0.2, 0.25) is 0 Å². The van der Waals surface area contributed by atoms with Gasteiger partial charge in [-0.25, -0.2) is 0 Å². The molecule has 0 heterocycles. The van der Waals surface area contributed by atoms with Gasteiger partial charge >= 0.3 is 0 Å². The Labute approximate surface area is 128 Å². The average Bonchev–Trinajstić information content (AvgIpc) is 2.53. The summed E-state index contributed by atoms with van der Waals surface area (Å²) in [6, 6.07) is 17.7. The normalized spacial score (nSPS) is 10.6. The van der Waals surface area contributed by atoms with Crippen LogP contribution in [0.2, 0.25) is 0 Å². The molecule has 0 aliphatic rings. The molecule has 2 nitrogen and oxygen atoms in total. The largest absolute Gasteiger partial charge is 0.367 e. The smallest absolute Gasteiger partial charge is 0.0429 e. The molecule has 0 saturated heterocycles. The van der Waals surface area contributed by atoms with E-state index in [0.717, 1.165) is 32.5 Å². The zero-order valence-electron chi connectivity index (χ0n) is 13.2. The lowest BCUT2D eigenvalue weighted by molar-refractivity contribution is 0.735. The topological polar surface area (TPSA) is 29.3 Å². The maximum absolute atomic E-state index is 5.68. The van der Waals surface area contributed by atoms with E-state index in [1.165, 1.54) is 22.4 Å². The monoisotopic (exact) mass is 282 g/mol. The van der Waals surface area contributed by atoms with Gasteiger partial charge in [-0.2, -0.15) is 0 Å². The Bertz CT molecular complexity index is 528. The van der Waals surface area contributed by atoms with E-state index >= 15 is 0 Å². The van der Waals surface area contributed by atoms with Crippen molar-refractivity contribution in [1.82, 2.24) is 0 Å². The summed E-state index contributed by atoms with van der Waals surface area (Å²) < 4.78 is 0. The van der Waals surface area contributed by atoms with Crippen LogP contribution < -0.4 is 10.6 Å². The third-order valence-corrected chi connectivity index (χ3v) is 3.84. The summed E-state index contributed by atoms with van der Waals surface area (Å²) in [4.78, 5) is 2.41. The second kappa shape index (κ2) is 7.84. The molecule has 2 heteroatoms.